The molecule has 0 amide bonds. The van der Waals surface area contributed by atoms with Crippen molar-refractivity contribution in [1.82, 2.24) is 0 Å². The van der Waals surface area contributed by atoms with E-state index in [4.69, 9.17) is 5.73 Å². The van der Waals surface area contributed by atoms with Crippen molar-refractivity contribution in [3.05, 3.63) is 22.7 Å². The molecule has 3 saturated carbocycles. The highest BCUT2D eigenvalue weighted by atomic mass is 19.1. The van der Waals surface area contributed by atoms with Crippen LogP contribution in [0.25, 0.3) is 0 Å². The number of nitrogens with two attached hydrogens (primary N) is 1. The molecule has 0 unspecified atom stereocenters. The number of carbonyl (C=O) groups excluding carboxylic acids is 1. The zero-order valence-corrected chi connectivity index (χ0v) is 16.1. The minimum absolute atomic E-state index is 0.0524. The number of rotatable bonds is 0. The molecule has 0 radical (unpaired) electrons. The summed E-state index contributed by atoms with van der Waals surface area (Å²) in [5.41, 5.74) is 9.28. The molecule has 4 aliphatic rings. The second kappa shape index (κ2) is 5.44. The molecule has 0 aromatic carbocycles. The molecule has 3 fully saturated rings. The summed E-state index contributed by atoms with van der Waals surface area (Å²) in [4.78, 5) is 12.3. The van der Waals surface area contributed by atoms with Crippen molar-refractivity contribution in [2.45, 2.75) is 72.6 Å². The summed E-state index contributed by atoms with van der Waals surface area (Å²) in [6, 6.07) is 0. The van der Waals surface area contributed by atoms with Gasteiger partial charge >= 0.3 is 0 Å². The van der Waals surface area contributed by atoms with Gasteiger partial charge in [0.1, 0.15) is 0 Å². The highest BCUT2D eigenvalue weighted by Crippen LogP contribution is 2.67. The summed E-state index contributed by atoms with van der Waals surface area (Å²) in [7, 11) is 0. The Labute approximate surface area is 151 Å². The fourth-order valence-electron chi connectivity index (χ4n) is 7.47. The average Bonchev–Trinajstić information content (AvgIpc) is 2.90. The van der Waals surface area contributed by atoms with Crippen LogP contribution in [-0.2, 0) is 4.79 Å². The number of halogens is 1. The van der Waals surface area contributed by atoms with Crippen LogP contribution in [-0.4, -0.2) is 5.78 Å². The minimum Gasteiger partial charge on any atom is -0.396 e. The Morgan fingerprint density at radius 3 is 2.56 bits per heavy atom. The largest absolute Gasteiger partial charge is 0.396 e. The van der Waals surface area contributed by atoms with Crippen LogP contribution < -0.4 is 5.73 Å². The van der Waals surface area contributed by atoms with Crippen LogP contribution >= 0.6 is 0 Å². The topological polar surface area (TPSA) is 43.1 Å². The third-order valence-electron chi connectivity index (χ3n) is 8.93. The average molecular weight is 346 g/mol. The molecular formula is C22H32FNO. The Bertz CT molecular complexity index is 688. The van der Waals surface area contributed by atoms with E-state index in [1.807, 2.05) is 0 Å². The monoisotopic (exact) mass is 345 g/mol. The van der Waals surface area contributed by atoms with Crippen molar-refractivity contribution >= 4 is 5.78 Å². The molecule has 6 atom stereocenters. The highest BCUT2D eigenvalue weighted by Gasteiger charge is 2.60. The van der Waals surface area contributed by atoms with Crippen LogP contribution in [0.4, 0.5) is 4.39 Å². The van der Waals surface area contributed by atoms with Gasteiger partial charge in [-0.05, 0) is 91.1 Å². The maximum atomic E-state index is 14.2. The van der Waals surface area contributed by atoms with Gasteiger partial charge in [-0.3, -0.25) is 4.79 Å². The van der Waals surface area contributed by atoms with Gasteiger partial charge in [0, 0.05) is 6.42 Å². The molecule has 138 valence electrons. The fraction of sp³-hybridized carbons (Fsp3) is 0.773. The molecule has 0 saturated heterocycles. The van der Waals surface area contributed by atoms with Crippen molar-refractivity contribution < 1.29 is 9.18 Å². The first kappa shape index (κ1) is 17.3. The molecule has 4 rings (SSSR count). The van der Waals surface area contributed by atoms with E-state index in [1.165, 1.54) is 5.57 Å². The maximum absolute atomic E-state index is 14.2. The summed E-state index contributed by atoms with van der Waals surface area (Å²) >= 11 is 0. The van der Waals surface area contributed by atoms with Crippen LogP contribution in [0.1, 0.15) is 72.6 Å². The maximum Gasteiger partial charge on any atom is 0.178 e. The summed E-state index contributed by atoms with van der Waals surface area (Å²) in [6.07, 6.45) is 6.95. The van der Waals surface area contributed by atoms with Crippen molar-refractivity contribution in [1.29, 1.82) is 0 Å². The SMILES string of the molecule is CC(F)=C1CC[C@H]2[C@@H]3CCC4=C(N)C(=O)C[C@H](C)[C@]4(C)[C@H]3CC[C@]12C. The predicted octanol–water partition coefficient (Wildman–Crippen LogP) is 5.29. The van der Waals surface area contributed by atoms with E-state index in [1.54, 1.807) is 6.92 Å². The lowest BCUT2D eigenvalue weighted by Gasteiger charge is -2.59. The van der Waals surface area contributed by atoms with Gasteiger partial charge < -0.3 is 5.73 Å². The molecule has 0 spiro atoms. The lowest BCUT2D eigenvalue weighted by Crippen LogP contribution is -2.53. The molecule has 25 heavy (non-hydrogen) atoms. The van der Waals surface area contributed by atoms with E-state index in [-0.39, 0.29) is 22.4 Å². The molecule has 2 nitrogen and oxygen atoms in total. The van der Waals surface area contributed by atoms with Crippen molar-refractivity contribution in [3.8, 4) is 0 Å². The van der Waals surface area contributed by atoms with Crippen LogP contribution in [0, 0.1) is 34.5 Å². The lowest BCUT2D eigenvalue weighted by molar-refractivity contribution is -0.121. The number of fused-ring (bicyclic) bond motifs is 5. The second-order valence-corrected chi connectivity index (χ2v) is 9.63. The van der Waals surface area contributed by atoms with Crippen molar-refractivity contribution in [2.75, 3.05) is 0 Å². The molecule has 0 heterocycles. The molecule has 3 heteroatoms. The molecule has 4 aliphatic carbocycles. The van der Waals surface area contributed by atoms with Gasteiger partial charge in [0.05, 0.1) is 11.5 Å². The van der Waals surface area contributed by atoms with Gasteiger partial charge in [-0.25, -0.2) is 4.39 Å². The molecule has 0 aromatic heterocycles. The third kappa shape index (κ3) is 2.10. The Morgan fingerprint density at radius 2 is 1.88 bits per heavy atom. The fourth-order valence-corrected chi connectivity index (χ4v) is 7.47. The van der Waals surface area contributed by atoms with E-state index in [9.17, 15) is 9.18 Å². The van der Waals surface area contributed by atoms with Crippen molar-refractivity contribution in [2.24, 2.45) is 40.2 Å². The van der Waals surface area contributed by atoms with Crippen LogP contribution in [0.3, 0.4) is 0 Å². The highest BCUT2D eigenvalue weighted by molar-refractivity contribution is 5.96. The van der Waals surface area contributed by atoms with E-state index in [2.05, 4.69) is 20.8 Å². The second-order valence-electron chi connectivity index (χ2n) is 9.63. The molecule has 0 aliphatic heterocycles. The first-order chi connectivity index (χ1) is 11.7. The Balaban J connectivity index is 1.75. The van der Waals surface area contributed by atoms with Crippen LogP contribution in [0.15, 0.2) is 22.7 Å². The molecule has 2 N–H and O–H groups in total. The van der Waals surface area contributed by atoms with Gasteiger partial charge in [-0.2, -0.15) is 0 Å². The Hall–Kier alpha value is -1.12. The number of ketones is 1. The zero-order chi connectivity index (χ0) is 18.1. The third-order valence-corrected chi connectivity index (χ3v) is 8.93. The quantitative estimate of drug-likeness (QED) is 0.648. The van der Waals surface area contributed by atoms with Gasteiger partial charge in [0.25, 0.3) is 0 Å². The Morgan fingerprint density at radius 1 is 1.16 bits per heavy atom. The standard InChI is InChI=1S/C22H32FNO/c1-12-11-19(25)20(24)18-6-5-14-16-8-7-15(13(2)23)21(16,3)10-9-17(14)22(12,18)4/h12,14,16-17H,5-11,24H2,1-4H3/t12-,14-,16-,17-,21+,22+/m0/s1. The number of Topliss-reactive ketones (excluding diaryl/α,β-unsaturated/α-hetero) is 1. The minimum atomic E-state index is 0.0524. The summed E-state index contributed by atoms with van der Waals surface area (Å²) in [6.45, 7) is 8.58. The number of allylic oxidation sites excluding steroid dienone is 3. The smallest absolute Gasteiger partial charge is 0.178 e. The normalized spacial score (nSPS) is 48.8. The van der Waals surface area contributed by atoms with E-state index in [0.717, 1.165) is 44.1 Å². The van der Waals surface area contributed by atoms with Crippen molar-refractivity contribution in [3.63, 3.8) is 0 Å². The number of hydrogen-bond acceptors (Lipinski definition) is 2. The predicted molar refractivity (Wildman–Crippen MR) is 98.2 cm³/mol. The van der Waals surface area contributed by atoms with Gasteiger partial charge in [0.15, 0.2) is 5.78 Å². The van der Waals surface area contributed by atoms with Crippen LogP contribution in [0.5, 0.6) is 0 Å². The first-order valence-corrected chi connectivity index (χ1v) is 10.1. The number of carbonyl (C=O) groups is 1. The lowest BCUT2D eigenvalue weighted by atomic mass is 9.45. The van der Waals surface area contributed by atoms with Crippen LogP contribution in [0.2, 0.25) is 0 Å². The van der Waals surface area contributed by atoms with Gasteiger partial charge in [0.2, 0.25) is 0 Å². The molecule has 0 aromatic rings. The summed E-state index contributed by atoms with van der Waals surface area (Å²) < 4.78 is 14.2. The molecule has 0 bridgehead atoms. The zero-order valence-electron chi connectivity index (χ0n) is 16.1. The number of hydrogen-bond donors (Lipinski definition) is 1. The van der Waals surface area contributed by atoms with Gasteiger partial charge in [-0.15, -0.1) is 0 Å². The van der Waals surface area contributed by atoms with E-state index < -0.39 is 0 Å². The first-order valence-electron chi connectivity index (χ1n) is 10.1. The van der Waals surface area contributed by atoms with E-state index >= 15 is 0 Å². The summed E-state index contributed by atoms with van der Waals surface area (Å²) in [5.74, 6) is 2.41. The molecular weight excluding hydrogens is 313 g/mol. The summed E-state index contributed by atoms with van der Waals surface area (Å²) in [5, 5.41) is 0. The van der Waals surface area contributed by atoms with Gasteiger partial charge in [-0.1, -0.05) is 20.8 Å². The van der Waals surface area contributed by atoms with E-state index in [0.29, 0.717) is 35.8 Å². The Kier molecular flexibility index (Phi) is 3.76.